The Balaban J connectivity index is 1.96. The van der Waals surface area contributed by atoms with Crippen molar-refractivity contribution in [3.05, 3.63) is 23.1 Å². The molecule has 0 aliphatic carbocycles. The van der Waals surface area contributed by atoms with Crippen molar-refractivity contribution < 1.29 is 14.3 Å². The molecule has 2 amide bonds. The molecule has 0 bridgehead atoms. The van der Waals surface area contributed by atoms with Gasteiger partial charge < -0.3 is 15.4 Å². The van der Waals surface area contributed by atoms with Gasteiger partial charge in [-0.15, -0.1) is 11.3 Å². The maximum absolute atomic E-state index is 11.7. The first-order valence-corrected chi connectivity index (χ1v) is 7.62. The van der Waals surface area contributed by atoms with Gasteiger partial charge in [0.25, 0.3) is 5.91 Å². The van der Waals surface area contributed by atoms with E-state index < -0.39 is 6.10 Å². The molecule has 7 heteroatoms. The van der Waals surface area contributed by atoms with Crippen LogP contribution in [0, 0.1) is 6.92 Å². The molecule has 0 radical (unpaired) electrons. The van der Waals surface area contributed by atoms with Crippen LogP contribution in [0.5, 0.6) is 5.75 Å². The zero-order valence-corrected chi connectivity index (χ0v) is 13.2. The highest BCUT2D eigenvalue weighted by molar-refractivity contribution is 7.16. The molecule has 2 aromatic rings. The SMILES string of the molecule is CC(=O)Nc1nc(-c2ccc3c(c2)NC(=O)[C@H](C)O3)c(C)s1. The predicted octanol–water partition coefficient (Wildman–Crippen LogP) is 2.80. The summed E-state index contributed by atoms with van der Waals surface area (Å²) in [6.45, 7) is 5.09. The summed E-state index contributed by atoms with van der Waals surface area (Å²) in [6, 6.07) is 5.54. The Kier molecular flexibility index (Phi) is 3.58. The second kappa shape index (κ2) is 5.42. The smallest absolute Gasteiger partial charge is 0.265 e. The summed E-state index contributed by atoms with van der Waals surface area (Å²) in [7, 11) is 0. The van der Waals surface area contributed by atoms with Gasteiger partial charge >= 0.3 is 0 Å². The fourth-order valence-corrected chi connectivity index (χ4v) is 3.11. The number of carbonyl (C=O) groups is 2. The van der Waals surface area contributed by atoms with E-state index in [9.17, 15) is 9.59 Å². The number of nitrogens with one attached hydrogen (secondary N) is 2. The Morgan fingerprint density at radius 2 is 2.23 bits per heavy atom. The second-order valence-corrected chi connectivity index (χ2v) is 6.27. The van der Waals surface area contributed by atoms with Crippen molar-refractivity contribution in [3.8, 4) is 17.0 Å². The van der Waals surface area contributed by atoms with E-state index in [4.69, 9.17) is 4.74 Å². The van der Waals surface area contributed by atoms with Crippen molar-refractivity contribution >= 4 is 34.0 Å². The quantitative estimate of drug-likeness (QED) is 0.892. The number of anilines is 2. The number of thiazole rings is 1. The third kappa shape index (κ3) is 2.67. The van der Waals surface area contributed by atoms with E-state index in [1.54, 1.807) is 6.92 Å². The van der Waals surface area contributed by atoms with Gasteiger partial charge in [0.05, 0.1) is 11.4 Å². The lowest BCUT2D eigenvalue weighted by Crippen LogP contribution is -2.34. The number of ether oxygens (including phenoxy) is 1. The number of hydrogen-bond donors (Lipinski definition) is 2. The lowest BCUT2D eigenvalue weighted by Gasteiger charge is -2.23. The molecule has 2 heterocycles. The summed E-state index contributed by atoms with van der Waals surface area (Å²) in [5, 5.41) is 6.07. The predicted molar refractivity (Wildman–Crippen MR) is 85.3 cm³/mol. The molecule has 22 heavy (non-hydrogen) atoms. The first-order valence-electron chi connectivity index (χ1n) is 6.81. The number of amides is 2. The Labute approximate surface area is 131 Å². The van der Waals surface area contributed by atoms with E-state index in [0.29, 0.717) is 16.6 Å². The number of nitrogens with zero attached hydrogens (tertiary/aromatic N) is 1. The van der Waals surface area contributed by atoms with Crippen molar-refractivity contribution in [2.75, 3.05) is 10.6 Å². The van der Waals surface area contributed by atoms with Crippen LogP contribution in [0.2, 0.25) is 0 Å². The summed E-state index contributed by atoms with van der Waals surface area (Å²) in [5.41, 5.74) is 2.28. The molecular formula is C15H15N3O3S. The van der Waals surface area contributed by atoms with Gasteiger partial charge in [-0.05, 0) is 32.0 Å². The van der Waals surface area contributed by atoms with Crippen LogP contribution in [0.3, 0.4) is 0 Å². The Hall–Kier alpha value is -2.41. The molecule has 0 saturated carbocycles. The molecule has 0 fully saturated rings. The Morgan fingerprint density at radius 3 is 2.95 bits per heavy atom. The van der Waals surface area contributed by atoms with E-state index in [1.807, 2.05) is 25.1 Å². The molecule has 3 rings (SSSR count). The van der Waals surface area contributed by atoms with Crippen LogP contribution in [0.25, 0.3) is 11.3 Å². The minimum atomic E-state index is -0.495. The first-order chi connectivity index (χ1) is 10.4. The molecule has 0 spiro atoms. The minimum absolute atomic E-state index is 0.152. The molecule has 1 aliphatic heterocycles. The number of hydrogen-bond acceptors (Lipinski definition) is 5. The molecule has 114 valence electrons. The second-order valence-electron chi connectivity index (χ2n) is 5.07. The summed E-state index contributed by atoms with van der Waals surface area (Å²) in [6.07, 6.45) is -0.495. The lowest BCUT2D eigenvalue weighted by molar-refractivity contribution is -0.122. The maximum Gasteiger partial charge on any atom is 0.265 e. The van der Waals surface area contributed by atoms with E-state index in [-0.39, 0.29) is 11.8 Å². The molecule has 1 aliphatic rings. The zero-order chi connectivity index (χ0) is 15.9. The molecule has 1 atom stereocenters. The van der Waals surface area contributed by atoms with Crippen molar-refractivity contribution in [2.24, 2.45) is 0 Å². The van der Waals surface area contributed by atoms with E-state index >= 15 is 0 Å². The molecule has 0 unspecified atom stereocenters. The van der Waals surface area contributed by atoms with Crippen LogP contribution in [-0.4, -0.2) is 22.9 Å². The Morgan fingerprint density at radius 1 is 1.45 bits per heavy atom. The van der Waals surface area contributed by atoms with Crippen molar-refractivity contribution in [1.82, 2.24) is 4.98 Å². The molecule has 1 aromatic carbocycles. The Bertz CT molecular complexity index is 769. The fourth-order valence-electron chi connectivity index (χ4n) is 2.22. The molecular weight excluding hydrogens is 302 g/mol. The van der Waals surface area contributed by atoms with Gasteiger partial charge in [-0.25, -0.2) is 4.98 Å². The van der Waals surface area contributed by atoms with Crippen LogP contribution in [0.1, 0.15) is 18.7 Å². The van der Waals surface area contributed by atoms with E-state index in [1.165, 1.54) is 18.3 Å². The first kappa shape index (κ1) is 14.5. The van der Waals surface area contributed by atoms with Gasteiger partial charge in [-0.1, -0.05) is 0 Å². The highest BCUT2D eigenvalue weighted by Crippen LogP contribution is 2.36. The number of benzene rings is 1. The van der Waals surface area contributed by atoms with Gasteiger partial charge in [0.15, 0.2) is 11.2 Å². The standard InChI is InChI=1S/C15H15N3O3S/c1-7-14(20)17-11-6-10(4-5-12(11)21-7)13-8(2)22-15(18-13)16-9(3)19/h4-7H,1-3H3,(H,17,20)(H,16,18,19)/t7-/m0/s1. The highest BCUT2D eigenvalue weighted by Gasteiger charge is 2.24. The van der Waals surface area contributed by atoms with Crippen LogP contribution in [0.4, 0.5) is 10.8 Å². The largest absolute Gasteiger partial charge is 0.479 e. The number of carbonyl (C=O) groups excluding carboxylic acids is 2. The van der Waals surface area contributed by atoms with Gasteiger partial charge in [0.1, 0.15) is 5.75 Å². The van der Waals surface area contributed by atoms with Crippen molar-refractivity contribution in [1.29, 1.82) is 0 Å². The number of rotatable bonds is 2. The minimum Gasteiger partial charge on any atom is -0.479 e. The van der Waals surface area contributed by atoms with Gasteiger partial charge in [0, 0.05) is 17.4 Å². The van der Waals surface area contributed by atoms with Gasteiger partial charge in [-0.2, -0.15) is 0 Å². The van der Waals surface area contributed by atoms with Crippen LogP contribution in [0.15, 0.2) is 18.2 Å². The molecule has 6 nitrogen and oxygen atoms in total. The lowest BCUT2D eigenvalue weighted by atomic mass is 10.1. The monoisotopic (exact) mass is 317 g/mol. The summed E-state index contributed by atoms with van der Waals surface area (Å²) in [5.74, 6) is 0.324. The van der Waals surface area contributed by atoms with E-state index in [0.717, 1.165) is 16.1 Å². The third-order valence-electron chi connectivity index (χ3n) is 3.26. The maximum atomic E-state index is 11.7. The van der Waals surface area contributed by atoms with Crippen LogP contribution in [-0.2, 0) is 9.59 Å². The molecule has 2 N–H and O–H groups in total. The number of aromatic nitrogens is 1. The summed E-state index contributed by atoms with van der Waals surface area (Å²) in [4.78, 5) is 28.2. The fraction of sp³-hybridized carbons (Fsp3) is 0.267. The molecule has 0 saturated heterocycles. The number of aryl methyl sites for hydroxylation is 1. The van der Waals surface area contributed by atoms with Gasteiger partial charge in [0.2, 0.25) is 5.91 Å². The zero-order valence-electron chi connectivity index (χ0n) is 12.4. The highest BCUT2D eigenvalue weighted by atomic mass is 32.1. The number of fused-ring (bicyclic) bond motifs is 1. The normalized spacial score (nSPS) is 16.5. The summed E-state index contributed by atoms with van der Waals surface area (Å²) >= 11 is 1.41. The van der Waals surface area contributed by atoms with E-state index in [2.05, 4.69) is 15.6 Å². The van der Waals surface area contributed by atoms with Crippen LogP contribution >= 0.6 is 11.3 Å². The van der Waals surface area contributed by atoms with Gasteiger partial charge in [-0.3, -0.25) is 9.59 Å². The third-order valence-corrected chi connectivity index (χ3v) is 4.15. The molecule has 1 aromatic heterocycles. The topological polar surface area (TPSA) is 80.3 Å². The summed E-state index contributed by atoms with van der Waals surface area (Å²) < 4.78 is 5.54. The van der Waals surface area contributed by atoms with Crippen molar-refractivity contribution in [3.63, 3.8) is 0 Å². The van der Waals surface area contributed by atoms with Crippen LogP contribution < -0.4 is 15.4 Å². The average molecular weight is 317 g/mol. The van der Waals surface area contributed by atoms with Crippen molar-refractivity contribution in [2.45, 2.75) is 26.9 Å². The average Bonchev–Trinajstić information content (AvgIpc) is 2.79.